The Bertz CT molecular complexity index is 1550. The molecule has 2 aliphatic carbocycles. The predicted octanol–water partition coefficient (Wildman–Crippen LogP) is 7.47. The van der Waals surface area contributed by atoms with E-state index in [1.807, 2.05) is 39.0 Å². The molecule has 236 valence electrons. The number of ketones is 1. The fraction of sp³-hybridized carbons (Fsp3) is 0.556. The van der Waals surface area contributed by atoms with Crippen LogP contribution in [0.2, 0.25) is 5.02 Å². The van der Waals surface area contributed by atoms with Crippen LogP contribution in [0.15, 0.2) is 52.9 Å². The zero-order valence-electron chi connectivity index (χ0n) is 26.1. The molecule has 8 heteroatoms. The van der Waals surface area contributed by atoms with Crippen molar-refractivity contribution in [3.8, 4) is 5.75 Å². The maximum absolute atomic E-state index is 13.2. The monoisotopic (exact) mass is 636 g/mol. The number of hydrogen-bond donors (Lipinski definition) is 1. The van der Waals surface area contributed by atoms with Gasteiger partial charge in [0, 0.05) is 57.8 Å². The Balaban J connectivity index is 1.42. The third-order valence-corrected chi connectivity index (χ3v) is 12.0. The lowest BCUT2D eigenvalue weighted by Gasteiger charge is -2.46. The highest BCUT2D eigenvalue weighted by molar-refractivity contribution is 7.75. The SMILES string of the molecule is CC(C)C(=O)C[C@H]1/C=C/C[C@H](C)C/[SH](=O)=N\C(=O)c2ccc3c(c2)N(C[C@@H]2CC[C@H]21)C[C@@]1(CCCc2cc(Cl)ccc21)CO3. The summed E-state index contributed by atoms with van der Waals surface area (Å²) in [6.45, 7) is 8.17. The summed E-state index contributed by atoms with van der Waals surface area (Å²) in [5, 5.41) is 0.760. The molecule has 1 amide bonds. The minimum absolute atomic E-state index is 0.0113. The number of benzene rings is 2. The highest BCUT2D eigenvalue weighted by Gasteiger charge is 2.44. The molecule has 0 radical (unpaired) electrons. The lowest BCUT2D eigenvalue weighted by atomic mass is 9.64. The average Bonchev–Trinajstić information content (AvgIpc) is 3.11. The molecule has 2 aromatic rings. The summed E-state index contributed by atoms with van der Waals surface area (Å²) in [4.78, 5) is 28.7. The van der Waals surface area contributed by atoms with Crippen LogP contribution in [0.3, 0.4) is 0 Å². The summed E-state index contributed by atoms with van der Waals surface area (Å²) in [5.74, 6) is 2.15. The zero-order chi connectivity index (χ0) is 31.0. The number of carbonyl (C=O) groups is 2. The van der Waals surface area contributed by atoms with Crippen molar-refractivity contribution >= 4 is 39.6 Å². The minimum atomic E-state index is -2.02. The van der Waals surface area contributed by atoms with Gasteiger partial charge in [-0.05, 0) is 104 Å². The van der Waals surface area contributed by atoms with Crippen LogP contribution in [0.5, 0.6) is 5.75 Å². The minimum Gasteiger partial charge on any atom is -0.490 e. The van der Waals surface area contributed by atoms with Crippen molar-refractivity contribution in [2.45, 2.75) is 71.1 Å². The fourth-order valence-corrected chi connectivity index (χ4v) is 9.05. The number of hydrogen-bond acceptors (Lipinski definition) is 5. The average molecular weight is 637 g/mol. The van der Waals surface area contributed by atoms with Gasteiger partial charge in [-0.3, -0.25) is 13.8 Å². The number of fused-ring (bicyclic) bond motifs is 4. The second-order valence-electron chi connectivity index (χ2n) is 14.0. The Morgan fingerprint density at radius 3 is 2.82 bits per heavy atom. The van der Waals surface area contributed by atoms with Gasteiger partial charge in [0.25, 0.3) is 5.91 Å². The maximum atomic E-state index is 13.2. The number of rotatable bonds is 3. The van der Waals surface area contributed by atoms with Crippen LogP contribution >= 0.6 is 11.6 Å². The normalized spacial score (nSPS) is 31.5. The first-order valence-corrected chi connectivity index (χ1v) is 18.1. The first-order chi connectivity index (χ1) is 21.1. The number of nitrogens with zero attached hydrogens (tertiary/aromatic N) is 2. The number of ether oxygens (including phenoxy) is 1. The van der Waals surface area contributed by atoms with E-state index in [9.17, 15) is 13.8 Å². The molecule has 6 atom stereocenters. The van der Waals surface area contributed by atoms with Crippen LogP contribution in [-0.2, 0) is 27.2 Å². The number of anilines is 1. The van der Waals surface area contributed by atoms with Gasteiger partial charge in [0.15, 0.2) is 0 Å². The molecule has 0 saturated heterocycles. The van der Waals surface area contributed by atoms with Crippen molar-refractivity contribution < 1.29 is 18.5 Å². The summed E-state index contributed by atoms with van der Waals surface area (Å²) in [6.07, 6.45) is 11.0. The van der Waals surface area contributed by atoms with E-state index in [0.717, 1.165) is 68.1 Å². The number of aryl methyl sites for hydroxylation is 1. The van der Waals surface area contributed by atoms with Crippen molar-refractivity contribution in [2.24, 2.45) is 34.0 Å². The number of thiol groups is 1. The third kappa shape index (κ3) is 6.50. The number of carbonyl (C=O) groups excluding carboxylic acids is 2. The van der Waals surface area contributed by atoms with Crippen molar-refractivity contribution in [3.63, 3.8) is 0 Å². The van der Waals surface area contributed by atoms with Crippen LogP contribution in [0.25, 0.3) is 0 Å². The first kappa shape index (κ1) is 31.3. The van der Waals surface area contributed by atoms with Gasteiger partial charge in [-0.25, -0.2) is 0 Å². The Hall–Kier alpha value is -2.64. The molecule has 6 rings (SSSR count). The summed E-state index contributed by atoms with van der Waals surface area (Å²) in [5.41, 5.74) is 3.73. The molecule has 1 saturated carbocycles. The largest absolute Gasteiger partial charge is 0.490 e. The maximum Gasteiger partial charge on any atom is 0.284 e. The highest BCUT2D eigenvalue weighted by Crippen LogP contribution is 2.48. The van der Waals surface area contributed by atoms with Gasteiger partial charge in [-0.1, -0.05) is 50.6 Å². The van der Waals surface area contributed by atoms with Gasteiger partial charge in [-0.2, -0.15) is 4.36 Å². The summed E-state index contributed by atoms with van der Waals surface area (Å²) >= 11 is 6.43. The van der Waals surface area contributed by atoms with E-state index in [-0.39, 0.29) is 23.2 Å². The van der Waals surface area contributed by atoms with Crippen LogP contribution in [0.4, 0.5) is 5.69 Å². The molecule has 0 aromatic heterocycles. The lowest BCUT2D eigenvalue weighted by molar-refractivity contribution is -0.123. The standard InChI is InChI=1S/C36H45ClN2O4S/c1-23(2)33(40)18-25-7-4-6-24(3)20-44(42)38-35(41)27-10-14-34-32(17-27)39(19-28-9-12-30(25)28)21-36(22-43-34)15-5-8-26-16-29(37)11-13-31(26)36/h4,7,10-11,13-14,16-17,23-25,28,30,44H,5-6,8-9,12,15,18-22H2,1-3H3/b7-4+/t24-,25+,28-,30-,36-/m0/s1. The van der Waals surface area contributed by atoms with Gasteiger partial charge < -0.3 is 9.64 Å². The molecule has 4 aliphatic rings. The van der Waals surface area contributed by atoms with Gasteiger partial charge >= 0.3 is 0 Å². The Morgan fingerprint density at radius 1 is 1.20 bits per heavy atom. The number of Topliss-reactive ketones (excluding diaryl/α,β-unsaturated/α-hetero) is 1. The molecule has 1 unspecified atom stereocenters. The summed E-state index contributed by atoms with van der Waals surface area (Å²) < 4.78 is 23.7. The molecule has 2 aliphatic heterocycles. The Kier molecular flexibility index (Phi) is 9.26. The molecular formula is C36H45ClN2O4S. The molecule has 0 N–H and O–H groups in total. The van der Waals surface area contributed by atoms with E-state index in [1.54, 1.807) is 6.07 Å². The summed E-state index contributed by atoms with van der Waals surface area (Å²) in [7, 11) is -2.02. The van der Waals surface area contributed by atoms with Crippen LogP contribution in [0, 0.1) is 29.6 Å². The Morgan fingerprint density at radius 2 is 2.05 bits per heavy atom. The first-order valence-electron chi connectivity index (χ1n) is 16.3. The molecule has 2 aromatic carbocycles. The molecule has 1 spiro atoms. The molecule has 6 nitrogen and oxygen atoms in total. The van der Waals surface area contributed by atoms with Gasteiger partial charge in [0.05, 0.1) is 12.3 Å². The van der Waals surface area contributed by atoms with Crippen LogP contribution < -0.4 is 9.64 Å². The van der Waals surface area contributed by atoms with Crippen molar-refractivity contribution in [2.75, 3.05) is 30.3 Å². The van der Waals surface area contributed by atoms with Gasteiger partial charge in [0.2, 0.25) is 0 Å². The van der Waals surface area contributed by atoms with E-state index >= 15 is 0 Å². The van der Waals surface area contributed by atoms with Crippen LogP contribution in [-0.4, -0.2) is 41.3 Å². The highest BCUT2D eigenvalue weighted by atomic mass is 35.5. The fourth-order valence-electron chi connectivity index (χ4n) is 7.77. The molecule has 2 bridgehead atoms. The number of allylic oxidation sites excluding steroid dienone is 2. The molecule has 2 heterocycles. The van der Waals surface area contributed by atoms with E-state index in [1.165, 1.54) is 11.1 Å². The summed E-state index contributed by atoms with van der Waals surface area (Å²) in [6, 6.07) is 11.8. The quantitative estimate of drug-likeness (QED) is 0.279. The van der Waals surface area contributed by atoms with Crippen LogP contribution in [0.1, 0.15) is 80.8 Å². The van der Waals surface area contributed by atoms with E-state index in [4.69, 9.17) is 16.3 Å². The molecule has 1 fully saturated rings. The zero-order valence-corrected chi connectivity index (χ0v) is 27.8. The van der Waals surface area contributed by atoms with Crippen molar-refractivity contribution in [1.82, 2.24) is 0 Å². The van der Waals surface area contributed by atoms with Gasteiger partial charge in [-0.15, -0.1) is 0 Å². The molecule has 44 heavy (non-hydrogen) atoms. The Labute approximate surface area is 268 Å². The second kappa shape index (κ2) is 13.0. The second-order valence-corrected chi connectivity index (χ2v) is 15.7. The lowest BCUT2D eigenvalue weighted by Crippen LogP contribution is -2.49. The van der Waals surface area contributed by atoms with E-state index in [0.29, 0.717) is 42.0 Å². The van der Waals surface area contributed by atoms with Crippen molar-refractivity contribution in [1.29, 1.82) is 0 Å². The number of halogens is 1. The van der Waals surface area contributed by atoms with Gasteiger partial charge in [0.1, 0.15) is 11.5 Å². The van der Waals surface area contributed by atoms with E-state index < -0.39 is 16.5 Å². The molecular weight excluding hydrogens is 592 g/mol. The third-order valence-electron chi connectivity index (χ3n) is 10.4. The predicted molar refractivity (Wildman–Crippen MR) is 178 cm³/mol. The smallest absolute Gasteiger partial charge is 0.284 e. The van der Waals surface area contributed by atoms with E-state index in [2.05, 4.69) is 33.5 Å². The topological polar surface area (TPSA) is 76.0 Å². The number of amides is 1. The van der Waals surface area contributed by atoms with Crippen molar-refractivity contribution in [3.05, 3.63) is 70.3 Å².